The number of amides is 3. The molecule has 184 valence electrons. The Bertz CT molecular complexity index is 863. The van der Waals surface area contributed by atoms with E-state index in [0.29, 0.717) is 24.8 Å². The summed E-state index contributed by atoms with van der Waals surface area (Å²) in [5, 5.41) is 16.1. The highest BCUT2D eigenvalue weighted by Crippen LogP contribution is 2.55. The molecule has 2 fully saturated rings. The molecule has 0 saturated heterocycles. The number of aliphatic hydroxyl groups excluding tert-OH is 1. The maximum atomic E-state index is 13.4. The summed E-state index contributed by atoms with van der Waals surface area (Å²) in [6.45, 7) is 11.9. The minimum absolute atomic E-state index is 0.0284. The van der Waals surface area contributed by atoms with E-state index in [1.807, 2.05) is 4.90 Å². The molecule has 7 nitrogen and oxygen atoms in total. The highest BCUT2D eigenvalue weighted by atomic mass is 28.3. The van der Waals surface area contributed by atoms with Crippen molar-refractivity contribution >= 4 is 25.8 Å². The zero-order chi connectivity index (χ0) is 24.0. The van der Waals surface area contributed by atoms with E-state index in [0.717, 1.165) is 43.3 Å². The van der Waals surface area contributed by atoms with Crippen molar-refractivity contribution in [2.75, 3.05) is 19.7 Å². The second kappa shape index (κ2) is 8.84. The molecular weight excluding hydrogens is 432 g/mol. The molecule has 0 aromatic rings. The fourth-order valence-electron chi connectivity index (χ4n) is 6.35. The first-order chi connectivity index (χ1) is 15.5. The first-order valence-electron chi connectivity index (χ1n) is 12.8. The number of carbonyl (C=O) groups excluding carboxylic acids is 2. The maximum absolute atomic E-state index is 13.4. The Morgan fingerprint density at radius 3 is 2.36 bits per heavy atom. The molecule has 8 heteroatoms. The van der Waals surface area contributed by atoms with Gasteiger partial charge in [-0.15, -0.1) is 0 Å². The van der Waals surface area contributed by atoms with E-state index in [-0.39, 0.29) is 29.6 Å². The summed E-state index contributed by atoms with van der Waals surface area (Å²) in [4.78, 5) is 33.2. The Morgan fingerprint density at radius 1 is 1.15 bits per heavy atom. The number of aliphatic hydroxyl groups is 1. The van der Waals surface area contributed by atoms with E-state index in [2.05, 4.69) is 49.1 Å². The largest absolute Gasteiger partial charge is 0.394 e. The fraction of sp³-hybridized carbons (Fsp3) is 0.800. The molecular formula is C25H42N4O3Si. The molecule has 4 rings (SSSR count). The van der Waals surface area contributed by atoms with Crippen molar-refractivity contribution in [1.82, 2.24) is 15.5 Å². The van der Waals surface area contributed by atoms with Gasteiger partial charge in [-0.05, 0) is 51.0 Å². The first-order valence-corrected chi connectivity index (χ1v) is 16.3. The van der Waals surface area contributed by atoms with Gasteiger partial charge in [0, 0.05) is 10.6 Å². The molecule has 0 bridgehead atoms. The summed E-state index contributed by atoms with van der Waals surface area (Å²) in [5.41, 5.74) is 1.63. The zero-order valence-corrected chi connectivity index (χ0v) is 22.1. The molecule has 4 aliphatic rings. The minimum atomic E-state index is -1.67. The lowest BCUT2D eigenvalue weighted by Gasteiger charge is -2.49. The van der Waals surface area contributed by atoms with Gasteiger partial charge < -0.3 is 20.6 Å². The van der Waals surface area contributed by atoms with Crippen LogP contribution in [0.25, 0.3) is 0 Å². The van der Waals surface area contributed by atoms with Crippen LogP contribution in [0.2, 0.25) is 24.7 Å². The highest BCUT2D eigenvalue weighted by molar-refractivity contribution is 6.82. The molecule has 1 atom stereocenters. The van der Waals surface area contributed by atoms with Crippen molar-refractivity contribution in [3.63, 3.8) is 0 Å². The van der Waals surface area contributed by atoms with Gasteiger partial charge in [-0.2, -0.15) is 0 Å². The number of hydrogen-bond acceptors (Lipinski definition) is 4. The number of nitrogens with one attached hydrogen (secondary N) is 2. The predicted octanol–water partition coefficient (Wildman–Crippen LogP) is 3.82. The lowest BCUT2D eigenvalue weighted by atomic mass is 9.83. The Hall–Kier alpha value is -1.67. The number of rotatable bonds is 5. The Labute approximate surface area is 199 Å². The molecule has 2 heterocycles. The van der Waals surface area contributed by atoms with E-state index in [4.69, 9.17) is 0 Å². The van der Waals surface area contributed by atoms with Crippen LogP contribution < -0.4 is 10.6 Å². The molecule has 33 heavy (non-hydrogen) atoms. The lowest BCUT2D eigenvalue weighted by Crippen LogP contribution is -2.56. The smallest absolute Gasteiger partial charge is 0.318 e. The van der Waals surface area contributed by atoms with Crippen molar-refractivity contribution < 1.29 is 14.7 Å². The maximum Gasteiger partial charge on any atom is 0.318 e. The standard InChI is InChI=1S/C25H42N4O3Si/c1-24(2)19-14-26-21(28-22(31)25(12-9-13-25)33(3,4)5)18(19)15-29(24)23(32)27-20(16-30)17-10-7-6-8-11-17/h17,20,30H,6-16H2,1-5H3,(H,27,32)(H,26,28,31)/t20-/m1/s1. The average molecular weight is 475 g/mol. The lowest BCUT2D eigenvalue weighted by molar-refractivity contribution is -0.125. The summed E-state index contributed by atoms with van der Waals surface area (Å²) in [6.07, 6.45) is 8.75. The quantitative estimate of drug-likeness (QED) is 0.529. The first kappa shape index (κ1) is 24.5. The average Bonchev–Trinajstić information content (AvgIpc) is 3.23. The summed E-state index contributed by atoms with van der Waals surface area (Å²) in [6, 6.07) is -0.339. The van der Waals surface area contributed by atoms with Crippen molar-refractivity contribution in [3.8, 4) is 0 Å². The number of amidine groups is 1. The number of urea groups is 1. The SMILES string of the molecule is CC1(C)C2=C(CN1C(=O)N[C@H](CO)C1CCCCC1)C(NC(=O)C1([Si](C)(C)C)CCC1)=NC2. The zero-order valence-electron chi connectivity index (χ0n) is 21.1. The van der Waals surface area contributed by atoms with Crippen LogP contribution in [0.3, 0.4) is 0 Å². The van der Waals surface area contributed by atoms with Crippen LogP contribution in [-0.2, 0) is 4.79 Å². The number of carbonyl (C=O) groups is 2. The van der Waals surface area contributed by atoms with Crippen molar-refractivity contribution in [1.29, 1.82) is 0 Å². The topological polar surface area (TPSA) is 94.0 Å². The predicted molar refractivity (Wildman–Crippen MR) is 134 cm³/mol. The van der Waals surface area contributed by atoms with Gasteiger partial charge in [0.05, 0.1) is 39.4 Å². The Morgan fingerprint density at radius 2 is 1.82 bits per heavy atom. The van der Waals surface area contributed by atoms with Gasteiger partial charge in [0.2, 0.25) is 5.91 Å². The molecule has 0 unspecified atom stereocenters. The van der Waals surface area contributed by atoms with Crippen LogP contribution in [0.1, 0.15) is 65.2 Å². The normalized spacial score (nSPS) is 25.3. The minimum Gasteiger partial charge on any atom is -0.394 e. The Kier molecular flexibility index (Phi) is 6.55. The van der Waals surface area contributed by atoms with Crippen molar-refractivity contribution in [2.45, 2.75) is 101 Å². The van der Waals surface area contributed by atoms with Gasteiger partial charge in [-0.25, -0.2) is 4.79 Å². The van der Waals surface area contributed by atoms with Crippen LogP contribution in [0.5, 0.6) is 0 Å². The van der Waals surface area contributed by atoms with E-state index in [1.165, 1.54) is 19.3 Å². The molecule has 2 saturated carbocycles. The molecule has 0 radical (unpaired) electrons. The molecule has 0 aromatic heterocycles. The summed E-state index contributed by atoms with van der Waals surface area (Å²) in [5.74, 6) is 1.13. The Balaban J connectivity index is 1.44. The monoisotopic (exact) mass is 474 g/mol. The number of nitrogens with zero attached hydrogens (tertiary/aromatic N) is 2. The van der Waals surface area contributed by atoms with Crippen LogP contribution >= 0.6 is 0 Å². The van der Waals surface area contributed by atoms with Gasteiger partial charge in [-0.3, -0.25) is 9.79 Å². The van der Waals surface area contributed by atoms with E-state index >= 15 is 0 Å². The molecule has 2 aliphatic carbocycles. The third-order valence-electron chi connectivity index (χ3n) is 9.05. The van der Waals surface area contributed by atoms with Gasteiger partial charge >= 0.3 is 6.03 Å². The third-order valence-corrected chi connectivity index (χ3v) is 12.7. The second-order valence-electron chi connectivity index (χ2n) is 12.0. The number of hydrogen-bond donors (Lipinski definition) is 3. The summed E-state index contributed by atoms with van der Waals surface area (Å²) >= 11 is 0. The molecule has 2 aliphatic heterocycles. The van der Waals surface area contributed by atoms with E-state index in [9.17, 15) is 14.7 Å². The van der Waals surface area contributed by atoms with Crippen molar-refractivity contribution in [2.24, 2.45) is 10.9 Å². The molecule has 3 N–H and O–H groups in total. The highest BCUT2D eigenvalue weighted by Gasteiger charge is 2.54. The van der Waals surface area contributed by atoms with Crippen LogP contribution in [0.15, 0.2) is 16.1 Å². The van der Waals surface area contributed by atoms with Gasteiger partial charge in [-0.1, -0.05) is 45.3 Å². The van der Waals surface area contributed by atoms with Crippen LogP contribution in [0, 0.1) is 5.92 Å². The van der Waals surface area contributed by atoms with Crippen LogP contribution in [0.4, 0.5) is 4.79 Å². The summed E-state index contributed by atoms with van der Waals surface area (Å²) in [7, 11) is -1.67. The third kappa shape index (κ3) is 4.18. The molecule has 0 aromatic carbocycles. The van der Waals surface area contributed by atoms with Gasteiger partial charge in [0.25, 0.3) is 0 Å². The van der Waals surface area contributed by atoms with Crippen LogP contribution in [-0.4, -0.2) is 67.1 Å². The fourth-order valence-corrected chi connectivity index (χ4v) is 8.94. The van der Waals surface area contributed by atoms with Gasteiger partial charge in [0.1, 0.15) is 5.84 Å². The van der Waals surface area contributed by atoms with E-state index in [1.54, 1.807) is 0 Å². The second-order valence-corrected chi connectivity index (χ2v) is 17.5. The number of aliphatic imine (C=N–C) groups is 1. The van der Waals surface area contributed by atoms with E-state index < -0.39 is 13.6 Å². The van der Waals surface area contributed by atoms with Gasteiger partial charge in [0.15, 0.2) is 0 Å². The molecule has 0 spiro atoms. The summed E-state index contributed by atoms with van der Waals surface area (Å²) < 4.78 is 0. The molecule has 3 amide bonds. The van der Waals surface area contributed by atoms with Crippen molar-refractivity contribution in [3.05, 3.63) is 11.1 Å².